The highest BCUT2D eigenvalue weighted by Gasteiger charge is 2.12. The zero-order chi connectivity index (χ0) is 12.9. The van der Waals surface area contributed by atoms with Gasteiger partial charge in [0.25, 0.3) is 0 Å². The van der Waals surface area contributed by atoms with E-state index in [-0.39, 0.29) is 0 Å². The first-order chi connectivity index (χ1) is 8.61. The number of aryl methyl sites for hydroxylation is 2. The van der Waals surface area contributed by atoms with E-state index in [1.54, 1.807) is 0 Å². The van der Waals surface area contributed by atoms with E-state index in [4.69, 9.17) is 0 Å². The lowest BCUT2D eigenvalue weighted by Gasteiger charge is -2.14. The molecule has 0 amide bonds. The third-order valence-electron chi connectivity index (χ3n) is 3.65. The third kappa shape index (κ3) is 1.63. The van der Waals surface area contributed by atoms with Gasteiger partial charge in [-0.05, 0) is 79.1 Å². The van der Waals surface area contributed by atoms with Crippen LogP contribution in [0.3, 0.4) is 0 Å². The Labute approximate surface area is 123 Å². The van der Waals surface area contributed by atoms with E-state index >= 15 is 0 Å². The second-order valence-electron chi connectivity index (χ2n) is 4.58. The number of hydrogen-bond donors (Lipinski definition) is 0. The summed E-state index contributed by atoms with van der Waals surface area (Å²) in [5.41, 5.74) is 2.70. The smallest absolute Gasteiger partial charge is 0.0398 e. The van der Waals surface area contributed by atoms with Crippen LogP contribution in [0.25, 0.3) is 21.5 Å². The molecule has 0 fully saturated rings. The van der Waals surface area contributed by atoms with Gasteiger partial charge in [-0.1, -0.05) is 30.3 Å². The Kier molecular flexibility index (Phi) is 2.95. The molecular formula is C16H12Br2. The maximum atomic E-state index is 3.70. The molecule has 0 aliphatic heterocycles. The SMILES string of the molecule is Cc1c(C)c2c(Br)c(Br)ccc2c2ccccc12. The molecule has 3 aromatic rings. The highest BCUT2D eigenvalue weighted by atomic mass is 79.9. The molecule has 18 heavy (non-hydrogen) atoms. The highest BCUT2D eigenvalue weighted by molar-refractivity contribution is 9.13. The van der Waals surface area contributed by atoms with Gasteiger partial charge < -0.3 is 0 Å². The second-order valence-corrected chi connectivity index (χ2v) is 6.23. The predicted octanol–water partition coefficient (Wildman–Crippen LogP) is 6.13. The van der Waals surface area contributed by atoms with E-state index in [0.29, 0.717) is 0 Å². The number of hydrogen-bond acceptors (Lipinski definition) is 0. The first-order valence-electron chi connectivity index (χ1n) is 5.87. The van der Waals surface area contributed by atoms with E-state index in [0.717, 1.165) is 8.95 Å². The first-order valence-corrected chi connectivity index (χ1v) is 7.45. The maximum Gasteiger partial charge on any atom is 0.0398 e. The minimum absolute atomic E-state index is 1.10. The van der Waals surface area contributed by atoms with E-state index in [1.807, 2.05) is 0 Å². The fraction of sp³-hybridized carbons (Fsp3) is 0.125. The number of halogens is 2. The Hall–Kier alpha value is -0.860. The van der Waals surface area contributed by atoms with Crippen molar-refractivity contribution in [3.05, 3.63) is 56.5 Å². The zero-order valence-corrected chi connectivity index (χ0v) is 13.4. The van der Waals surface area contributed by atoms with Crippen molar-refractivity contribution in [3.8, 4) is 0 Å². The van der Waals surface area contributed by atoms with Gasteiger partial charge in [0.2, 0.25) is 0 Å². The quantitative estimate of drug-likeness (QED) is 0.421. The average molecular weight is 364 g/mol. The maximum absolute atomic E-state index is 3.70. The third-order valence-corrected chi connectivity index (χ3v) is 5.67. The topological polar surface area (TPSA) is 0 Å². The van der Waals surface area contributed by atoms with Crippen molar-refractivity contribution >= 4 is 53.4 Å². The normalized spacial score (nSPS) is 11.3. The van der Waals surface area contributed by atoms with Gasteiger partial charge in [-0.2, -0.15) is 0 Å². The Morgan fingerprint density at radius 1 is 0.722 bits per heavy atom. The van der Waals surface area contributed by atoms with Crippen molar-refractivity contribution in [2.45, 2.75) is 13.8 Å². The first kappa shape index (κ1) is 12.2. The van der Waals surface area contributed by atoms with Gasteiger partial charge in [-0.15, -0.1) is 0 Å². The van der Waals surface area contributed by atoms with Crippen LogP contribution in [0.2, 0.25) is 0 Å². The van der Waals surface area contributed by atoms with Crippen LogP contribution in [-0.4, -0.2) is 0 Å². The van der Waals surface area contributed by atoms with Gasteiger partial charge in [0, 0.05) is 14.3 Å². The van der Waals surface area contributed by atoms with E-state index in [9.17, 15) is 0 Å². The molecule has 2 heteroatoms. The molecule has 0 saturated carbocycles. The summed E-state index contributed by atoms with van der Waals surface area (Å²) in [5, 5.41) is 5.28. The summed E-state index contributed by atoms with van der Waals surface area (Å²) in [4.78, 5) is 0. The standard InChI is InChI=1S/C16H12Br2/c1-9-10(2)15-13(7-8-14(17)16(15)18)12-6-4-3-5-11(9)12/h3-8H,1-2H3. The molecule has 0 nitrogen and oxygen atoms in total. The molecule has 0 N–H and O–H groups in total. The Balaban J connectivity index is 2.69. The summed E-state index contributed by atoms with van der Waals surface area (Å²) < 4.78 is 2.25. The predicted molar refractivity (Wildman–Crippen MR) is 86.3 cm³/mol. The van der Waals surface area contributed by atoms with Crippen LogP contribution >= 0.6 is 31.9 Å². The van der Waals surface area contributed by atoms with E-state index in [1.165, 1.54) is 32.7 Å². The van der Waals surface area contributed by atoms with Crippen LogP contribution in [0.1, 0.15) is 11.1 Å². The fourth-order valence-corrected chi connectivity index (χ4v) is 3.55. The van der Waals surface area contributed by atoms with Gasteiger partial charge in [0.1, 0.15) is 0 Å². The van der Waals surface area contributed by atoms with Crippen molar-refractivity contribution < 1.29 is 0 Å². The van der Waals surface area contributed by atoms with Crippen molar-refractivity contribution in [3.63, 3.8) is 0 Å². The highest BCUT2D eigenvalue weighted by Crippen LogP contribution is 2.39. The number of rotatable bonds is 0. The summed E-state index contributed by atoms with van der Waals surface area (Å²) in [6.07, 6.45) is 0. The van der Waals surface area contributed by atoms with Crippen LogP contribution in [0, 0.1) is 13.8 Å². The van der Waals surface area contributed by atoms with E-state index < -0.39 is 0 Å². The zero-order valence-electron chi connectivity index (χ0n) is 10.2. The lowest BCUT2D eigenvalue weighted by Crippen LogP contribution is -1.89. The average Bonchev–Trinajstić information content (AvgIpc) is 2.39. The molecule has 0 unspecified atom stereocenters. The van der Waals surface area contributed by atoms with Gasteiger partial charge in [0.05, 0.1) is 0 Å². The minimum atomic E-state index is 1.10. The molecule has 0 spiro atoms. The molecule has 0 aliphatic carbocycles. The van der Waals surface area contributed by atoms with E-state index in [2.05, 4.69) is 82.1 Å². The summed E-state index contributed by atoms with van der Waals surface area (Å²) in [5.74, 6) is 0. The molecule has 90 valence electrons. The van der Waals surface area contributed by atoms with Crippen LogP contribution in [0.15, 0.2) is 45.3 Å². The van der Waals surface area contributed by atoms with Gasteiger partial charge in [-0.25, -0.2) is 0 Å². The van der Waals surface area contributed by atoms with Crippen molar-refractivity contribution in [1.29, 1.82) is 0 Å². The van der Waals surface area contributed by atoms with Crippen molar-refractivity contribution in [1.82, 2.24) is 0 Å². The molecule has 0 bridgehead atoms. The van der Waals surface area contributed by atoms with Crippen LogP contribution in [-0.2, 0) is 0 Å². The second kappa shape index (κ2) is 4.36. The fourth-order valence-electron chi connectivity index (χ4n) is 2.58. The van der Waals surface area contributed by atoms with Crippen molar-refractivity contribution in [2.75, 3.05) is 0 Å². The molecule has 0 aromatic heterocycles. The Bertz CT molecular complexity index is 773. The molecule has 0 heterocycles. The summed E-state index contributed by atoms with van der Waals surface area (Å²) >= 11 is 7.30. The summed E-state index contributed by atoms with van der Waals surface area (Å²) in [7, 11) is 0. The largest absolute Gasteiger partial charge is 0.0616 e. The summed E-state index contributed by atoms with van der Waals surface area (Å²) in [6, 6.07) is 12.9. The van der Waals surface area contributed by atoms with Crippen LogP contribution in [0.5, 0.6) is 0 Å². The van der Waals surface area contributed by atoms with Gasteiger partial charge in [0.15, 0.2) is 0 Å². The molecule has 3 aromatic carbocycles. The molecule has 0 aliphatic rings. The number of benzene rings is 3. The number of fused-ring (bicyclic) bond motifs is 3. The Morgan fingerprint density at radius 2 is 1.39 bits per heavy atom. The van der Waals surface area contributed by atoms with Gasteiger partial charge in [-0.3, -0.25) is 0 Å². The molecular weight excluding hydrogens is 352 g/mol. The van der Waals surface area contributed by atoms with Crippen LogP contribution in [0.4, 0.5) is 0 Å². The lowest BCUT2D eigenvalue weighted by atomic mass is 9.93. The monoisotopic (exact) mass is 362 g/mol. The van der Waals surface area contributed by atoms with Crippen molar-refractivity contribution in [2.24, 2.45) is 0 Å². The molecule has 0 atom stereocenters. The molecule has 3 rings (SSSR count). The summed E-state index contributed by atoms with van der Waals surface area (Å²) in [6.45, 7) is 4.39. The Morgan fingerprint density at radius 3 is 2.11 bits per heavy atom. The van der Waals surface area contributed by atoms with Gasteiger partial charge >= 0.3 is 0 Å². The lowest BCUT2D eigenvalue weighted by molar-refractivity contribution is 1.41. The minimum Gasteiger partial charge on any atom is -0.0616 e. The van der Waals surface area contributed by atoms with Crippen LogP contribution < -0.4 is 0 Å². The molecule has 0 radical (unpaired) electrons. The molecule has 0 saturated heterocycles.